The number of hydrogen-bond acceptors (Lipinski definition) is 6. The Balaban J connectivity index is 2.07. The molecule has 2 aromatic rings. The third-order valence-corrected chi connectivity index (χ3v) is 4.19. The maximum Gasteiger partial charge on any atom is 0.307 e. The lowest BCUT2D eigenvalue weighted by Gasteiger charge is -2.25. The van der Waals surface area contributed by atoms with Crippen molar-refractivity contribution in [2.45, 2.75) is 12.5 Å². The van der Waals surface area contributed by atoms with Gasteiger partial charge in [0, 0.05) is 12.1 Å². The molecule has 0 saturated carbocycles. The Bertz CT molecular complexity index is 888. The van der Waals surface area contributed by atoms with E-state index in [-0.39, 0.29) is 23.2 Å². The summed E-state index contributed by atoms with van der Waals surface area (Å²) >= 11 is 0. The van der Waals surface area contributed by atoms with Crippen LogP contribution >= 0.6 is 0 Å². The van der Waals surface area contributed by atoms with Crippen molar-refractivity contribution in [1.29, 1.82) is 0 Å². The van der Waals surface area contributed by atoms with E-state index < -0.39 is 28.7 Å². The quantitative estimate of drug-likeness (QED) is 0.353. The second-order valence-corrected chi connectivity index (χ2v) is 5.67. The number of nitrogens with zero attached hydrogens (tertiary/aromatic N) is 2. The van der Waals surface area contributed by atoms with Crippen LogP contribution in [0.15, 0.2) is 48.5 Å². The van der Waals surface area contributed by atoms with E-state index in [1.54, 1.807) is 12.1 Å². The molecule has 26 heavy (non-hydrogen) atoms. The van der Waals surface area contributed by atoms with Crippen molar-refractivity contribution >= 4 is 23.5 Å². The fraction of sp³-hybridized carbons (Fsp3) is 0.167. The molecule has 1 aliphatic heterocycles. The number of amides is 2. The van der Waals surface area contributed by atoms with Crippen LogP contribution in [0.4, 0.5) is 5.69 Å². The number of nitro groups is 1. The van der Waals surface area contributed by atoms with Crippen LogP contribution in [0.1, 0.15) is 38.7 Å². The molecule has 8 heteroatoms. The number of esters is 1. The lowest BCUT2D eigenvalue weighted by Crippen LogP contribution is -2.35. The fourth-order valence-corrected chi connectivity index (χ4v) is 2.94. The zero-order chi connectivity index (χ0) is 18.8. The first-order valence-electron chi connectivity index (χ1n) is 7.72. The van der Waals surface area contributed by atoms with Crippen molar-refractivity contribution in [3.05, 3.63) is 75.3 Å². The third kappa shape index (κ3) is 2.92. The van der Waals surface area contributed by atoms with Crippen LogP contribution in [0.2, 0.25) is 0 Å². The van der Waals surface area contributed by atoms with Crippen LogP contribution in [-0.4, -0.2) is 34.7 Å². The van der Waals surface area contributed by atoms with Crippen molar-refractivity contribution in [2.75, 3.05) is 7.11 Å². The van der Waals surface area contributed by atoms with Crippen molar-refractivity contribution < 1.29 is 24.0 Å². The van der Waals surface area contributed by atoms with Crippen LogP contribution in [0.25, 0.3) is 0 Å². The first-order valence-corrected chi connectivity index (χ1v) is 7.72. The molecule has 1 heterocycles. The van der Waals surface area contributed by atoms with Gasteiger partial charge in [0.1, 0.15) is 0 Å². The van der Waals surface area contributed by atoms with Crippen LogP contribution < -0.4 is 0 Å². The SMILES string of the molecule is COC(=O)CC(c1cccc([N+](=O)[O-])c1)N1C(=O)c2ccccc2C1=O. The number of ether oxygens (including phenoxy) is 1. The number of non-ortho nitro benzene ring substituents is 1. The molecule has 0 fully saturated rings. The molecule has 8 nitrogen and oxygen atoms in total. The van der Waals surface area contributed by atoms with Gasteiger partial charge in [-0.3, -0.25) is 29.4 Å². The first kappa shape index (κ1) is 17.3. The minimum Gasteiger partial charge on any atom is -0.469 e. The van der Waals surface area contributed by atoms with Crippen molar-refractivity contribution in [1.82, 2.24) is 4.90 Å². The molecule has 0 aliphatic carbocycles. The van der Waals surface area contributed by atoms with E-state index in [2.05, 4.69) is 4.74 Å². The molecule has 0 saturated heterocycles. The van der Waals surface area contributed by atoms with Gasteiger partial charge in [-0.05, 0) is 17.7 Å². The van der Waals surface area contributed by atoms with E-state index in [4.69, 9.17) is 0 Å². The molecule has 0 radical (unpaired) electrons. The number of carbonyl (C=O) groups excluding carboxylic acids is 3. The predicted molar refractivity (Wildman–Crippen MR) is 89.4 cm³/mol. The van der Waals surface area contributed by atoms with E-state index in [0.717, 1.165) is 4.90 Å². The highest BCUT2D eigenvalue weighted by molar-refractivity contribution is 6.21. The zero-order valence-electron chi connectivity index (χ0n) is 13.7. The molecule has 132 valence electrons. The van der Waals surface area contributed by atoms with E-state index in [0.29, 0.717) is 5.56 Å². The number of imide groups is 1. The van der Waals surface area contributed by atoms with Gasteiger partial charge < -0.3 is 4.74 Å². The van der Waals surface area contributed by atoms with Gasteiger partial charge in [0.2, 0.25) is 0 Å². The molecule has 1 aliphatic rings. The minimum atomic E-state index is -1.00. The van der Waals surface area contributed by atoms with Crippen LogP contribution in [0, 0.1) is 10.1 Å². The largest absolute Gasteiger partial charge is 0.469 e. The van der Waals surface area contributed by atoms with Gasteiger partial charge in [-0.25, -0.2) is 0 Å². The molecule has 1 unspecified atom stereocenters. The lowest BCUT2D eigenvalue weighted by atomic mass is 10.0. The molecule has 0 aromatic heterocycles. The summed E-state index contributed by atoms with van der Waals surface area (Å²) in [6, 6.07) is 10.8. The highest BCUT2D eigenvalue weighted by Crippen LogP contribution is 2.34. The molecule has 2 aromatic carbocycles. The molecular formula is C18H14N2O6. The average molecular weight is 354 g/mol. The summed E-state index contributed by atoms with van der Waals surface area (Å²) in [4.78, 5) is 48.7. The number of rotatable bonds is 5. The maximum atomic E-state index is 12.7. The number of carbonyl (C=O) groups is 3. The summed E-state index contributed by atoms with van der Waals surface area (Å²) in [5, 5.41) is 11.0. The van der Waals surface area contributed by atoms with E-state index in [9.17, 15) is 24.5 Å². The molecule has 0 N–H and O–H groups in total. The highest BCUT2D eigenvalue weighted by Gasteiger charge is 2.41. The summed E-state index contributed by atoms with van der Waals surface area (Å²) < 4.78 is 4.66. The van der Waals surface area contributed by atoms with Gasteiger partial charge in [0.25, 0.3) is 17.5 Å². The normalized spacial score (nSPS) is 14.1. The summed E-state index contributed by atoms with van der Waals surface area (Å²) in [6.45, 7) is 0. The highest BCUT2D eigenvalue weighted by atomic mass is 16.6. The Morgan fingerprint density at radius 3 is 2.27 bits per heavy atom. The summed E-state index contributed by atoms with van der Waals surface area (Å²) in [5.74, 6) is -1.74. The van der Waals surface area contributed by atoms with Gasteiger partial charge >= 0.3 is 5.97 Å². The second-order valence-electron chi connectivity index (χ2n) is 5.67. The predicted octanol–water partition coefficient (Wildman–Crippen LogP) is 2.50. The molecule has 1 atom stereocenters. The van der Waals surface area contributed by atoms with Gasteiger partial charge in [0.15, 0.2) is 0 Å². The molecular weight excluding hydrogens is 340 g/mol. The summed E-state index contributed by atoms with van der Waals surface area (Å²) in [5.41, 5.74) is 0.573. The number of nitro benzene ring substituents is 1. The molecule has 3 rings (SSSR count). The minimum absolute atomic E-state index is 0.200. The van der Waals surface area contributed by atoms with Crippen molar-refractivity contribution in [2.24, 2.45) is 0 Å². The monoisotopic (exact) mass is 354 g/mol. The first-order chi connectivity index (χ1) is 12.4. The van der Waals surface area contributed by atoms with Crippen molar-refractivity contribution in [3.63, 3.8) is 0 Å². The van der Waals surface area contributed by atoms with Crippen LogP contribution in [0.5, 0.6) is 0 Å². The van der Waals surface area contributed by atoms with Gasteiger partial charge in [-0.15, -0.1) is 0 Å². The third-order valence-electron chi connectivity index (χ3n) is 4.19. The van der Waals surface area contributed by atoms with E-state index in [1.165, 1.54) is 43.5 Å². The van der Waals surface area contributed by atoms with Crippen LogP contribution in [-0.2, 0) is 9.53 Å². The van der Waals surface area contributed by atoms with E-state index in [1.807, 2.05) is 0 Å². The Labute approximate surface area is 148 Å². The fourth-order valence-electron chi connectivity index (χ4n) is 2.94. The number of hydrogen-bond donors (Lipinski definition) is 0. The Morgan fingerprint density at radius 1 is 1.12 bits per heavy atom. The zero-order valence-corrected chi connectivity index (χ0v) is 13.7. The smallest absolute Gasteiger partial charge is 0.307 e. The van der Waals surface area contributed by atoms with E-state index >= 15 is 0 Å². The second kappa shape index (κ2) is 6.75. The standard InChI is InChI=1S/C18H14N2O6/c1-26-16(21)10-15(11-5-4-6-12(9-11)20(24)25)19-17(22)13-7-2-3-8-14(13)18(19)23/h2-9,15H,10H2,1H3. The van der Waals surface area contributed by atoms with Crippen molar-refractivity contribution in [3.8, 4) is 0 Å². The molecule has 0 spiro atoms. The van der Waals surface area contributed by atoms with Crippen LogP contribution in [0.3, 0.4) is 0 Å². The summed E-state index contributed by atoms with van der Waals surface area (Å²) in [7, 11) is 1.19. The number of fused-ring (bicyclic) bond motifs is 1. The van der Waals surface area contributed by atoms with Gasteiger partial charge in [-0.2, -0.15) is 0 Å². The number of methoxy groups -OCH3 is 1. The summed E-state index contributed by atoms with van der Waals surface area (Å²) in [6.07, 6.45) is -0.302. The average Bonchev–Trinajstić information content (AvgIpc) is 2.91. The Kier molecular flexibility index (Phi) is 4.49. The molecule has 0 bridgehead atoms. The lowest BCUT2D eigenvalue weighted by molar-refractivity contribution is -0.385. The maximum absolute atomic E-state index is 12.7. The molecule has 2 amide bonds. The van der Waals surface area contributed by atoms with Gasteiger partial charge in [0.05, 0.1) is 35.6 Å². The Hall–Kier alpha value is -3.55. The topological polar surface area (TPSA) is 107 Å². The Morgan fingerprint density at radius 2 is 1.73 bits per heavy atom. The number of benzene rings is 2. The van der Waals surface area contributed by atoms with Gasteiger partial charge in [-0.1, -0.05) is 24.3 Å².